The molecule has 2 rings (SSSR count). The summed E-state index contributed by atoms with van der Waals surface area (Å²) in [6.07, 6.45) is 0.190. The molecule has 0 unspecified atom stereocenters. The molecule has 0 saturated carbocycles. The van der Waals surface area contributed by atoms with E-state index >= 15 is 0 Å². The Balaban J connectivity index is 1.58. The molecule has 0 fully saturated rings. The molecular formula is C22H24F2N4O4Se2. The van der Waals surface area contributed by atoms with E-state index in [0.717, 1.165) is 10.6 Å². The van der Waals surface area contributed by atoms with Gasteiger partial charge in [0.15, 0.2) is 0 Å². The standard InChI is InChI=1S/C22H24F2N4O4Se2/c23-17-5-1-15(2-6-17)13-19(27-31)21(29)25-9-11-33-34-12-10-26-22(30)20(28-32)14-16-3-7-18(24)8-4-16/h1-8,31-32H,9-14H2,(H,25,29)(H,26,30)/b27-19+,28-20+. The first kappa shape index (κ1) is 27.5. The van der Waals surface area contributed by atoms with E-state index in [1.54, 1.807) is 0 Å². The van der Waals surface area contributed by atoms with Crippen molar-refractivity contribution in [3.63, 3.8) is 0 Å². The molecule has 2 aromatic carbocycles. The van der Waals surface area contributed by atoms with Crippen LogP contribution in [0.15, 0.2) is 58.8 Å². The molecular weight excluding hydrogens is 580 g/mol. The Labute approximate surface area is 206 Å². The van der Waals surface area contributed by atoms with Crippen molar-refractivity contribution in [2.45, 2.75) is 23.5 Å². The Hall–Kier alpha value is -2.78. The molecule has 0 radical (unpaired) electrons. The van der Waals surface area contributed by atoms with Crippen LogP contribution in [0.1, 0.15) is 11.1 Å². The summed E-state index contributed by atoms with van der Waals surface area (Å²) in [5, 5.41) is 31.3. The fourth-order valence-electron chi connectivity index (χ4n) is 2.65. The molecule has 0 aliphatic heterocycles. The molecule has 0 spiro atoms. The van der Waals surface area contributed by atoms with Crippen molar-refractivity contribution in [3.05, 3.63) is 71.3 Å². The third kappa shape index (κ3) is 10.0. The van der Waals surface area contributed by atoms with Crippen molar-refractivity contribution in [2.75, 3.05) is 13.1 Å². The van der Waals surface area contributed by atoms with Crippen LogP contribution in [0, 0.1) is 11.6 Å². The van der Waals surface area contributed by atoms with E-state index in [0.29, 0.717) is 50.5 Å². The van der Waals surface area contributed by atoms with Gasteiger partial charge < -0.3 is 0 Å². The summed E-state index contributed by atoms with van der Waals surface area (Å²) in [7, 11) is 0. The maximum atomic E-state index is 13.0. The number of benzene rings is 2. The van der Waals surface area contributed by atoms with Crippen molar-refractivity contribution >= 4 is 49.5 Å². The van der Waals surface area contributed by atoms with Crippen LogP contribution in [-0.2, 0) is 22.4 Å². The second-order valence-electron chi connectivity index (χ2n) is 6.86. The second kappa shape index (κ2) is 15.2. The molecule has 0 atom stereocenters. The summed E-state index contributed by atoms with van der Waals surface area (Å²) in [6.45, 7) is 0.878. The van der Waals surface area contributed by atoms with Crippen LogP contribution in [0.4, 0.5) is 8.78 Å². The van der Waals surface area contributed by atoms with Crippen LogP contribution in [0.25, 0.3) is 0 Å². The number of oxime groups is 2. The van der Waals surface area contributed by atoms with Crippen LogP contribution in [0.2, 0.25) is 10.6 Å². The molecule has 34 heavy (non-hydrogen) atoms. The predicted molar refractivity (Wildman–Crippen MR) is 126 cm³/mol. The maximum absolute atomic E-state index is 13.0. The molecule has 0 aromatic heterocycles. The van der Waals surface area contributed by atoms with Crippen molar-refractivity contribution in [2.24, 2.45) is 10.3 Å². The SMILES string of the molecule is O=C(NCC[Se][Se]CCNC(=O)/C(Cc1ccc(F)cc1)=N/O)/C(Cc1ccc(F)cc1)=N/O. The van der Waals surface area contributed by atoms with E-state index in [2.05, 4.69) is 20.9 Å². The molecule has 12 heteroatoms. The van der Waals surface area contributed by atoms with Gasteiger partial charge in [-0.3, -0.25) is 0 Å². The summed E-state index contributed by atoms with van der Waals surface area (Å²) >= 11 is 0.584. The third-order valence-corrected chi connectivity index (χ3v) is 11.7. The summed E-state index contributed by atoms with van der Waals surface area (Å²) in [4.78, 5) is 24.3. The number of carbonyl (C=O) groups excluding carboxylic acids is 2. The normalized spacial score (nSPS) is 11.8. The van der Waals surface area contributed by atoms with Gasteiger partial charge in [0, 0.05) is 0 Å². The minimum atomic E-state index is -0.473. The van der Waals surface area contributed by atoms with Crippen LogP contribution < -0.4 is 10.6 Å². The zero-order chi connectivity index (χ0) is 24.8. The van der Waals surface area contributed by atoms with Gasteiger partial charge in [0.05, 0.1) is 0 Å². The van der Waals surface area contributed by atoms with Gasteiger partial charge in [0.1, 0.15) is 0 Å². The monoisotopic (exact) mass is 606 g/mol. The van der Waals surface area contributed by atoms with Gasteiger partial charge in [0.2, 0.25) is 0 Å². The molecule has 2 amide bonds. The van der Waals surface area contributed by atoms with Gasteiger partial charge in [-0.1, -0.05) is 0 Å². The second-order valence-corrected chi connectivity index (χ2v) is 14.7. The van der Waals surface area contributed by atoms with E-state index in [1.165, 1.54) is 48.5 Å². The molecule has 8 nitrogen and oxygen atoms in total. The molecule has 0 bridgehead atoms. The van der Waals surface area contributed by atoms with Crippen molar-refractivity contribution in [3.8, 4) is 0 Å². The van der Waals surface area contributed by atoms with E-state index in [1.807, 2.05) is 0 Å². The Morgan fingerprint density at radius 3 is 1.38 bits per heavy atom. The number of halogens is 2. The van der Waals surface area contributed by atoms with Crippen molar-refractivity contribution < 1.29 is 28.8 Å². The Morgan fingerprint density at radius 2 is 1.06 bits per heavy atom. The topological polar surface area (TPSA) is 123 Å². The van der Waals surface area contributed by atoms with Crippen molar-refractivity contribution in [1.29, 1.82) is 0 Å². The molecule has 4 N–H and O–H groups in total. The van der Waals surface area contributed by atoms with Crippen LogP contribution in [0.5, 0.6) is 0 Å². The minimum absolute atomic E-state index is 0.0469. The number of nitrogens with one attached hydrogen (secondary N) is 2. The van der Waals surface area contributed by atoms with Crippen LogP contribution >= 0.6 is 0 Å². The molecule has 0 saturated heterocycles. The number of carbonyl (C=O) groups is 2. The van der Waals surface area contributed by atoms with Gasteiger partial charge in [-0.2, -0.15) is 0 Å². The number of nitrogens with zero attached hydrogens (tertiary/aromatic N) is 2. The predicted octanol–water partition coefficient (Wildman–Crippen LogP) is 1.80. The zero-order valence-corrected chi connectivity index (χ0v) is 21.5. The van der Waals surface area contributed by atoms with Crippen molar-refractivity contribution in [1.82, 2.24) is 10.6 Å². The first-order chi connectivity index (χ1) is 16.4. The summed E-state index contributed by atoms with van der Waals surface area (Å²) < 4.78 is 25.9. The van der Waals surface area contributed by atoms with E-state index in [4.69, 9.17) is 10.4 Å². The summed E-state index contributed by atoms with van der Waals surface area (Å²) in [5.41, 5.74) is 1.22. The number of hydrogen-bond donors (Lipinski definition) is 4. The Morgan fingerprint density at radius 1 is 0.706 bits per heavy atom. The fraction of sp³-hybridized carbons (Fsp3) is 0.273. The Kier molecular flexibility index (Phi) is 12.3. The average Bonchev–Trinajstić information content (AvgIpc) is 2.84. The van der Waals surface area contributed by atoms with E-state index in [-0.39, 0.29) is 35.9 Å². The quantitative estimate of drug-likeness (QED) is 0.0916. The first-order valence-electron chi connectivity index (χ1n) is 10.1. The van der Waals surface area contributed by atoms with Gasteiger partial charge >= 0.3 is 207 Å². The first-order valence-corrected chi connectivity index (χ1v) is 16.9. The van der Waals surface area contributed by atoms with Gasteiger partial charge in [-0.25, -0.2) is 0 Å². The Bertz CT molecular complexity index is 921. The number of rotatable bonds is 13. The molecule has 2 aromatic rings. The summed E-state index contributed by atoms with van der Waals surface area (Å²) in [5.74, 6) is -1.71. The molecule has 0 heterocycles. The van der Waals surface area contributed by atoms with Crippen LogP contribution in [-0.4, -0.2) is 73.0 Å². The fourth-order valence-corrected chi connectivity index (χ4v) is 8.31. The van der Waals surface area contributed by atoms with E-state index in [9.17, 15) is 18.4 Å². The van der Waals surface area contributed by atoms with Gasteiger partial charge in [-0.15, -0.1) is 0 Å². The average molecular weight is 604 g/mol. The number of hydrogen-bond acceptors (Lipinski definition) is 6. The molecule has 182 valence electrons. The molecule has 0 aliphatic carbocycles. The van der Waals surface area contributed by atoms with Gasteiger partial charge in [-0.05, 0) is 0 Å². The van der Waals surface area contributed by atoms with Crippen LogP contribution in [0.3, 0.4) is 0 Å². The summed E-state index contributed by atoms with van der Waals surface area (Å²) in [6, 6.07) is 11.2. The van der Waals surface area contributed by atoms with Gasteiger partial charge in [0.25, 0.3) is 0 Å². The van der Waals surface area contributed by atoms with E-state index < -0.39 is 11.8 Å². The zero-order valence-electron chi connectivity index (χ0n) is 18.0. The molecule has 0 aliphatic rings. The number of amides is 2. The third-order valence-electron chi connectivity index (χ3n) is 4.36.